The molecule has 0 unspecified atom stereocenters. The Morgan fingerprint density at radius 3 is 2.75 bits per heavy atom. The van der Waals surface area contributed by atoms with Crippen LogP contribution >= 0.6 is 23.5 Å². The molecule has 168 valence electrons. The molecule has 1 atom stereocenters. The quantitative estimate of drug-likeness (QED) is 0.419. The summed E-state index contributed by atoms with van der Waals surface area (Å²) in [5.41, 5.74) is 1.51. The molecule has 2 N–H and O–H groups in total. The van der Waals surface area contributed by atoms with E-state index in [1.54, 1.807) is 23.9 Å². The molecule has 11 heteroatoms. The molecule has 0 aliphatic carbocycles. The normalized spacial score (nSPS) is 16.0. The molecular formula is C21H21F2N5O2S2. The lowest BCUT2D eigenvalue weighted by Gasteiger charge is -2.22. The predicted octanol–water partition coefficient (Wildman–Crippen LogP) is 4.27. The molecule has 2 heterocycles. The Hall–Kier alpha value is -2.79. The van der Waals surface area contributed by atoms with E-state index in [0.717, 1.165) is 17.0 Å². The van der Waals surface area contributed by atoms with Crippen molar-refractivity contribution < 1.29 is 18.3 Å². The number of rotatable bonds is 6. The van der Waals surface area contributed by atoms with E-state index in [1.807, 2.05) is 29.2 Å². The predicted molar refractivity (Wildman–Crippen MR) is 122 cm³/mol. The number of fused-ring (bicyclic) bond motifs is 1. The zero-order valence-electron chi connectivity index (χ0n) is 17.1. The van der Waals surface area contributed by atoms with Gasteiger partial charge in [-0.2, -0.15) is 8.78 Å². The number of anilines is 1. The monoisotopic (exact) mass is 477 g/mol. The third-order valence-corrected chi connectivity index (χ3v) is 7.04. The van der Waals surface area contributed by atoms with Crippen molar-refractivity contribution >= 4 is 35.1 Å². The molecule has 1 amide bonds. The lowest BCUT2D eigenvalue weighted by molar-refractivity contribution is -0.116. The van der Waals surface area contributed by atoms with Crippen molar-refractivity contribution in [1.29, 1.82) is 0 Å². The van der Waals surface area contributed by atoms with E-state index in [1.165, 1.54) is 28.6 Å². The first-order valence-electron chi connectivity index (χ1n) is 9.87. The van der Waals surface area contributed by atoms with Crippen LogP contribution in [0.1, 0.15) is 13.3 Å². The first kappa shape index (κ1) is 22.4. The molecule has 0 bridgehead atoms. The van der Waals surface area contributed by atoms with Gasteiger partial charge in [-0.3, -0.25) is 4.79 Å². The summed E-state index contributed by atoms with van der Waals surface area (Å²) in [4.78, 5) is 15.9. The number of hydrogen-bond donors (Lipinski definition) is 1. The van der Waals surface area contributed by atoms with Crippen LogP contribution in [0.2, 0.25) is 0 Å². The van der Waals surface area contributed by atoms with Crippen molar-refractivity contribution in [2.24, 2.45) is 0 Å². The maximum absolute atomic E-state index is 13.0. The number of alkyl halides is 2. The lowest BCUT2D eigenvalue weighted by Crippen LogP contribution is -2.33. The molecule has 0 fully saturated rings. The minimum Gasteiger partial charge on any atom is -0.435 e. The van der Waals surface area contributed by atoms with Crippen LogP contribution in [-0.2, 0) is 4.79 Å². The van der Waals surface area contributed by atoms with E-state index in [-0.39, 0.29) is 17.4 Å². The Labute approximate surface area is 192 Å². The zero-order valence-corrected chi connectivity index (χ0v) is 18.8. The van der Waals surface area contributed by atoms with Gasteiger partial charge in [0.15, 0.2) is 5.82 Å². The van der Waals surface area contributed by atoms with Crippen LogP contribution in [0.5, 0.6) is 5.75 Å². The summed E-state index contributed by atoms with van der Waals surface area (Å²) in [5, 5.41) is 8.96. The second-order valence-corrected chi connectivity index (χ2v) is 9.52. The van der Waals surface area contributed by atoms with Gasteiger partial charge in [0, 0.05) is 22.3 Å². The van der Waals surface area contributed by atoms with Gasteiger partial charge in [-0.25, -0.2) is 4.68 Å². The number of thioether (sulfide) groups is 2. The fourth-order valence-corrected chi connectivity index (χ4v) is 5.15. The van der Waals surface area contributed by atoms with Gasteiger partial charge in [-0.15, -0.1) is 22.0 Å². The van der Waals surface area contributed by atoms with E-state index >= 15 is 0 Å². The van der Waals surface area contributed by atoms with Gasteiger partial charge in [0.05, 0.1) is 11.4 Å². The maximum Gasteiger partial charge on any atom is 0.387 e. The summed E-state index contributed by atoms with van der Waals surface area (Å²) in [6.45, 7) is -0.0787. The second-order valence-electron chi connectivity index (χ2n) is 7.10. The third kappa shape index (κ3) is 4.99. The number of halogens is 2. The number of benzene rings is 2. The molecule has 1 aromatic heterocycles. The number of carbonyl (C=O) groups is 1. The largest absolute Gasteiger partial charge is 0.435 e. The first-order chi connectivity index (χ1) is 15.4. The van der Waals surface area contributed by atoms with Gasteiger partial charge in [-0.1, -0.05) is 30.8 Å². The number of carbonyl (C=O) groups excluding carboxylic acids is 1. The molecule has 1 aliphatic heterocycles. The van der Waals surface area contributed by atoms with E-state index < -0.39 is 6.61 Å². The highest BCUT2D eigenvalue weighted by atomic mass is 32.2. The van der Waals surface area contributed by atoms with E-state index in [2.05, 4.69) is 21.9 Å². The number of amides is 1. The van der Waals surface area contributed by atoms with Crippen molar-refractivity contribution in [3.63, 3.8) is 0 Å². The fourth-order valence-electron chi connectivity index (χ4n) is 3.31. The summed E-state index contributed by atoms with van der Waals surface area (Å²) >= 11 is 2.98. The van der Waals surface area contributed by atoms with Crippen molar-refractivity contribution in [3.8, 4) is 17.1 Å². The Kier molecular flexibility index (Phi) is 6.85. The van der Waals surface area contributed by atoms with Gasteiger partial charge in [0.1, 0.15) is 5.75 Å². The molecule has 32 heavy (non-hydrogen) atoms. The molecular weight excluding hydrogens is 456 g/mol. The Morgan fingerprint density at radius 1 is 1.25 bits per heavy atom. The van der Waals surface area contributed by atoms with Crippen LogP contribution in [0.4, 0.5) is 14.5 Å². The number of hydrogen-bond acceptors (Lipinski definition) is 7. The molecule has 0 radical (unpaired) electrons. The Bertz CT molecular complexity index is 1090. The van der Waals surface area contributed by atoms with E-state index in [4.69, 9.17) is 5.84 Å². The summed E-state index contributed by atoms with van der Waals surface area (Å²) in [6, 6.07) is 13.9. The highest BCUT2D eigenvalue weighted by molar-refractivity contribution is 8.00. The molecule has 4 rings (SSSR count). The van der Waals surface area contributed by atoms with Crippen LogP contribution in [-0.4, -0.2) is 44.9 Å². The molecule has 0 spiro atoms. The second kappa shape index (κ2) is 9.78. The summed E-state index contributed by atoms with van der Waals surface area (Å²) in [5.74, 6) is 6.65. The van der Waals surface area contributed by atoms with Gasteiger partial charge in [0.25, 0.3) is 0 Å². The highest BCUT2D eigenvalue weighted by Gasteiger charge is 2.25. The summed E-state index contributed by atoms with van der Waals surface area (Å²) in [7, 11) is 0. The number of nitrogens with zero attached hydrogens (tertiary/aromatic N) is 4. The molecule has 3 aromatic rings. The van der Waals surface area contributed by atoms with Gasteiger partial charge in [-0.05, 0) is 42.8 Å². The molecule has 1 aliphatic rings. The fraction of sp³-hybridized carbons (Fsp3) is 0.286. The number of nitrogen functional groups attached to an aromatic ring is 1. The van der Waals surface area contributed by atoms with Crippen LogP contribution in [0.15, 0.2) is 58.6 Å². The van der Waals surface area contributed by atoms with Crippen molar-refractivity contribution in [2.45, 2.75) is 35.3 Å². The van der Waals surface area contributed by atoms with Crippen LogP contribution < -0.4 is 15.5 Å². The average molecular weight is 478 g/mol. The van der Waals surface area contributed by atoms with Crippen LogP contribution in [0.25, 0.3) is 11.4 Å². The third-order valence-electron chi connectivity index (χ3n) is 4.87. The van der Waals surface area contributed by atoms with Gasteiger partial charge >= 0.3 is 6.61 Å². The highest BCUT2D eigenvalue weighted by Crippen LogP contribution is 2.37. The zero-order chi connectivity index (χ0) is 22.7. The SMILES string of the molecule is C[C@H]1CCN(C(=O)CSc2nnc(-c3ccc(OC(F)F)cc3)n2N)c2ccccc2S1. The minimum atomic E-state index is -2.89. The number of ether oxygens (including phenoxy) is 1. The van der Waals surface area contributed by atoms with E-state index in [0.29, 0.717) is 28.3 Å². The average Bonchev–Trinajstić information content (AvgIpc) is 3.04. The van der Waals surface area contributed by atoms with Gasteiger partial charge in [0.2, 0.25) is 11.1 Å². The first-order valence-corrected chi connectivity index (χ1v) is 11.7. The molecule has 0 saturated heterocycles. The van der Waals surface area contributed by atoms with E-state index in [9.17, 15) is 13.6 Å². The van der Waals surface area contributed by atoms with Crippen LogP contribution in [0.3, 0.4) is 0 Å². The number of para-hydroxylation sites is 1. The molecule has 2 aromatic carbocycles. The van der Waals surface area contributed by atoms with Crippen molar-refractivity contribution in [2.75, 3.05) is 23.0 Å². The maximum atomic E-state index is 13.0. The molecule has 7 nitrogen and oxygen atoms in total. The number of nitrogens with two attached hydrogens (primary N) is 1. The Balaban J connectivity index is 1.45. The smallest absolute Gasteiger partial charge is 0.387 e. The topological polar surface area (TPSA) is 86.3 Å². The lowest BCUT2D eigenvalue weighted by atomic mass is 10.2. The standard InChI is InChI=1S/C21H21F2N5O2S2/c1-13-10-11-27(16-4-2-3-5-17(16)32-13)18(29)12-31-21-26-25-19(28(21)24)14-6-8-15(9-7-14)30-20(22)23/h2-9,13,20H,10-12,24H2,1H3/t13-/m0/s1. The molecule has 0 saturated carbocycles. The Morgan fingerprint density at radius 2 is 2.00 bits per heavy atom. The van der Waals surface area contributed by atoms with Crippen LogP contribution in [0, 0.1) is 0 Å². The van der Waals surface area contributed by atoms with Crippen molar-refractivity contribution in [3.05, 3.63) is 48.5 Å². The van der Waals surface area contributed by atoms with Gasteiger partial charge < -0.3 is 15.5 Å². The number of aromatic nitrogens is 3. The summed E-state index contributed by atoms with van der Waals surface area (Å²) in [6.07, 6.45) is 0.901. The minimum absolute atomic E-state index is 0.0322. The van der Waals surface area contributed by atoms with Crippen molar-refractivity contribution in [1.82, 2.24) is 14.9 Å². The summed E-state index contributed by atoms with van der Waals surface area (Å²) < 4.78 is 30.3.